The zero-order valence-corrected chi connectivity index (χ0v) is 14.5. The van der Waals surface area contributed by atoms with Crippen molar-refractivity contribution in [2.45, 2.75) is 18.2 Å². The van der Waals surface area contributed by atoms with Gasteiger partial charge in [-0.3, -0.25) is 4.79 Å². The van der Waals surface area contributed by atoms with Crippen LogP contribution in [-0.2, 0) is 10.4 Å². The van der Waals surface area contributed by atoms with Crippen LogP contribution < -0.4 is 5.73 Å². The van der Waals surface area contributed by atoms with Crippen molar-refractivity contribution in [1.29, 1.82) is 0 Å². The Morgan fingerprint density at radius 2 is 1.77 bits per heavy atom. The van der Waals surface area contributed by atoms with Crippen molar-refractivity contribution in [2.24, 2.45) is 10.9 Å². The minimum absolute atomic E-state index is 0.0331. The lowest BCUT2D eigenvalue weighted by Gasteiger charge is -2.29. The molecule has 9 heteroatoms. The van der Waals surface area contributed by atoms with Crippen LogP contribution >= 0.6 is 23.2 Å². The van der Waals surface area contributed by atoms with E-state index in [0.717, 1.165) is 12.1 Å². The normalized spacial score (nSPS) is 19.8. The highest BCUT2D eigenvalue weighted by molar-refractivity contribution is 6.34. The van der Waals surface area contributed by atoms with Crippen molar-refractivity contribution in [3.63, 3.8) is 0 Å². The maximum absolute atomic E-state index is 13.9. The average Bonchev–Trinajstić information content (AvgIpc) is 3.00. The van der Waals surface area contributed by atoms with Crippen LogP contribution in [0.5, 0.6) is 0 Å². The van der Waals surface area contributed by atoms with Gasteiger partial charge in [0.25, 0.3) is 5.60 Å². The number of primary amides is 1. The van der Waals surface area contributed by atoms with Crippen molar-refractivity contribution >= 4 is 34.8 Å². The summed E-state index contributed by atoms with van der Waals surface area (Å²) in [6, 6.07) is 9.54. The molecule has 0 bridgehead atoms. The summed E-state index contributed by atoms with van der Waals surface area (Å²) in [4.78, 5) is 16.5. The second kappa shape index (κ2) is 6.48. The number of nitrogens with zero attached hydrogens (tertiary/aromatic N) is 1. The number of carbonyl (C=O) groups is 1. The van der Waals surface area contributed by atoms with Gasteiger partial charge in [-0.25, -0.2) is 0 Å². The van der Waals surface area contributed by atoms with E-state index in [1.165, 1.54) is 18.2 Å². The van der Waals surface area contributed by atoms with Gasteiger partial charge in [0.2, 0.25) is 5.91 Å². The Hall–Kier alpha value is -2.25. The van der Waals surface area contributed by atoms with Crippen LogP contribution in [0.3, 0.4) is 0 Å². The van der Waals surface area contributed by atoms with Gasteiger partial charge in [-0.05, 0) is 24.3 Å². The fourth-order valence-corrected chi connectivity index (χ4v) is 3.31. The molecular weight excluding hydrogens is 392 g/mol. The van der Waals surface area contributed by atoms with Gasteiger partial charge in [0, 0.05) is 33.2 Å². The molecule has 4 nitrogen and oxygen atoms in total. The molecule has 2 aromatic carbocycles. The molecule has 136 valence electrons. The Bertz CT molecular complexity index is 895. The number of amides is 1. The molecule has 1 heterocycles. The van der Waals surface area contributed by atoms with Crippen molar-refractivity contribution in [3.8, 4) is 0 Å². The van der Waals surface area contributed by atoms with E-state index in [-0.39, 0.29) is 32.4 Å². The first kappa shape index (κ1) is 18.5. The Morgan fingerprint density at radius 3 is 2.35 bits per heavy atom. The third kappa shape index (κ3) is 3.12. The Morgan fingerprint density at radius 1 is 1.15 bits per heavy atom. The van der Waals surface area contributed by atoms with Crippen LogP contribution in [0.15, 0.2) is 47.6 Å². The SMILES string of the molecule is NC(=O)c1ccccc1C1=NO[C@@](c2cc(Cl)cc(Cl)c2)(C(F)(F)F)C1. The molecule has 0 saturated heterocycles. The Balaban J connectivity index is 2.09. The molecule has 0 saturated carbocycles. The molecule has 0 spiro atoms. The van der Waals surface area contributed by atoms with E-state index >= 15 is 0 Å². The zero-order valence-electron chi connectivity index (χ0n) is 13.0. The third-order valence-electron chi connectivity index (χ3n) is 4.02. The summed E-state index contributed by atoms with van der Waals surface area (Å²) in [7, 11) is 0. The number of benzene rings is 2. The monoisotopic (exact) mass is 402 g/mol. The molecule has 1 atom stereocenters. The summed E-state index contributed by atoms with van der Waals surface area (Å²) >= 11 is 11.7. The fraction of sp³-hybridized carbons (Fsp3) is 0.176. The van der Waals surface area contributed by atoms with Gasteiger partial charge in [-0.15, -0.1) is 0 Å². The van der Waals surface area contributed by atoms with E-state index < -0.39 is 24.1 Å². The average molecular weight is 403 g/mol. The number of hydrogen-bond donors (Lipinski definition) is 1. The van der Waals surface area contributed by atoms with Crippen molar-refractivity contribution in [3.05, 3.63) is 69.2 Å². The number of oxime groups is 1. The van der Waals surface area contributed by atoms with Crippen molar-refractivity contribution in [2.75, 3.05) is 0 Å². The predicted octanol–water partition coefficient (Wildman–Crippen LogP) is 4.67. The lowest BCUT2D eigenvalue weighted by Crippen LogP contribution is -2.42. The molecule has 2 N–H and O–H groups in total. The second-order valence-electron chi connectivity index (χ2n) is 5.70. The smallest absolute Gasteiger partial charge is 0.374 e. The van der Waals surface area contributed by atoms with Gasteiger partial charge in [-0.2, -0.15) is 13.2 Å². The van der Waals surface area contributed by atoms with Gasteiger partial charge in [0.05, 0.1) is 5.71 Å². The summed E-state index contributed by atoms with van der Waals surface area (Å²) < 4.78 is 41.8. The Kier molecular flexibility index (Phi) is 4.62. The second-order valence-corrected chi connectivity index (χ2v) is 6.57. The van der Waals surface area contributed by atoms with Gasteiger partial charge >= 0.3 is 6.18 Å². The number of carbonyl (C=O) groups excluding carboxylic acids is 1. The topological polar surface area (TPSA) is 64.7 Å². The Labute approximate surface area is 156 Å². The third-order valence-corrected chi connectivity index (χ3v) is 4.45. The minimum atomic E-state index is -4.81. The van der Waals surface area contributed by atoms with Gasteiger partial charge < -0.3 is 10.6 Å². The van der Waals surface area contributed by atoms with Crippen LogP contribution in [0.2, 0.25) is 10.0 Å². The molecule has 1 amide bonds. The quantitative estimate of drug-likeness (QED) is 0.809. The molecular formula is C17H11Cl2F3N2O2. The predicted molar refractivity (Wildman–Crippen MR) is 91.4 cm³/mol. The molecule has 0 unspecified atom stereocenters. The van der Waals surface area contributed by atoms with Gasteiger partial charge in [0.15, 0.2) is 0 Å². The highest BCUT2D eigenvalue weighted by atomic mass is 35.5. The molecule has 1 aliphatic rings. The van der Waals surface area contributed by atoms with Crippen molar-refractivity contribution in [1.82, 2.24) is 0 Å². The standard InChI is InChI=1S/C17H11Cl2F3N2O2/c18-10-5-9(6-11(19)7-10)16(17(20,21)22)8-14(24-26-16)12-3-1-2-4-13(12)15(23)25/h1-7H,8H2,(H2,23,25)/t16-/m0/s1. The highest BCUT2D eigenvalue weighted by Gasteiger charge is 2.62. The summed E-state index contributed by atoms with van der Waals surface area (Å²) in [6.45, 7) is 0. The summed E-state index contributed by atoms with van der Waals surface area (Å²) in [6.07, 6.45) is -5.47. The van der Waals surface area contributed by atoms with E-state index in [4.69, 9.17) is 33.8 Å². The van der Waals surface area contributed by atoms with Crippen LogP contribution in [0.4, 0.5) is 13.2 Å². The summed E-state index contributed by atoms with van der Waals surface area (Å²) in [5, 5.41) is 3.67. The number of hydrogen-bond acceptors (Lipinski definition) is 3. The number of halogens is 5. The first-order valence-electron chi connectivity index (χ1n) is 7.31. The van der Waals surface area contributed by atoms with E-state index in [1.807, 2.05) is 0 Å². The van der Waals surface area contributed by atoms with Crippen LogP contribution in [0.1, 0.15) is 27.9 Å². The highest BCUT2D eigenvalue weighted by Crippen LogP contribution is 2.49. The van der Waals surface area contributed by atoms with Crippen LogP contribution in [0, 0.1) is 0 Å². The first-order valence-corrected chi connectivity index (χ1v) is 8.07. The van der Waals surface area contributed by atoms with Crippen LogP contribution in [-0.4, -0.2) is 17.8 Å². The van der Waals surface area contributed by atoms with E-state index in [1.54, 1.807) is 12.1 Å². The largest absolute Gasteiger partial charge is 0.435 e. The molecule has 2 aromatic rings. The summed E-state index contributed by atoms with van der Waals surface area (Å²) in [5.41, 5.74) is 2.44. The molecule has 0 aliphatic carbocycles. The zero-order chi connectivity index (χ0) is 19.1. The fourth-order valence-electron chi connectivity index (χ4n) is 2.78. The molecule has 0 fully saturated rings. The van der Waals surface area contributed by atoms with E-state index in [9.17, 15) is 18.0 Å². The number of alkyl halides is 3. The van der Waals surface area contributed by atoms with E-state index in [0.29, 0.717) is 0 Å². The minimum Gasteiger partial charge on any atom is -0.374 e. The number of rotatable bonds is 3. The molecule has 0 radical (unpaired) electrons. The maximum atomic E-state index is 13.9. The molecule has 0 aromatic heterocycles. The molecule has 3 rings (SSSR count). The van der Waals surface area contributed by atoms with Crippen molar-refractivity contribution < 1.29 is 22.8 Å². The first-order chi connectivity index (χ1) is 12.1. The molecule has 1 aliphatic heterocycles. The molecule has 26 heavy (non-hydrogen) atoms. The van der Waals surface area contributed by atoms with Gasteiger partial charge in [0.1, 0.15) is 0 Å². The van der Waals surface area contributed by atoms with Gasteiger partial charge in [-0.1, -0.05) is 46.6 Å². The van der Waals surface area contributed by atoms with E-state index in [2.05, 4.69) is 5.16 Å². The number of nitrogens with two attached hydrogens (primary N) is 1. The lowest BCUT2D eigenvalue weighted by atomic mass is 9.85. The summed E-state index contributed by atoms with van der Waals surface area (Å²) in [5.74, 6) is -0.779. The maximum Gasteiger partial charge on any atom is 0.435 e. The van der Waals surface area contributed by atoms with Crippen LogP contribution in [0.25, 0.3) is 0 Å². The lowest BCUT2D eigenvalue weighted by molar-refractivity contribution is -0.275.